The Morgan fingerprint density at radius 1 is 1.47 bits per heavy atom. The maximum absolute atomic E-state index is 13.4. The molecule has 0 aliphatic carbocycles. The van der Waals surface area contributed by atoms with Crippen LogP contribution in [-0.2, 0) is 4.74 Å². The highest BCUT2D eigenvalue weighted by Gasteiger charge is 2.31. The maximum atomic E-state index is 13.4. The summed E-state index contributed by atoms with van der Waals surface area (Å²) in [4.78, 5) is 10.7. The van der Waals surface area contributed by atoms with Gasteiger partial charge in [-0.15, -0.1) is 0 Å². The van der Waals surface area contributed by atoms with Gasteiger partial charge in [0.15, 0.2) is 0 Å². The number of carbonyl (C=O) groups is 1. The van der Waals surface area contributed by atoms with Crippen molar-refractivity contribution in [2.75, 3.05) is 6.61 Å². The van der Waals surface area contributed by atoms with Crippen LogP contribution in [0.3, 0.4) is 0 Å². The van der Waals surface area contributed by atoms with Crippen molar-refractivity contribution < 1.29 is 27.1 Å². The number of benzene rings is 1. The summed E-state index contributed by atoms with van der Waals surface area (Å²) in [5.41, 5.74) is -5.46. The number of ether oxygens (including phenoxy) is 1. The zero-order chi connectivity index (χ0) is 14.6. The monoisotopic (exact) mass is 293 g/mol. The van der Waals surface area contributed by atoms with Crippen molar-refractivity contribution >= 4 is 17.7 Å². The SMILES string of the molecule is CCOC(=O)c1cc(SC(F)(F)F)c(F)cc1C#N. The molecule has 0 saturated carbocycles. The fraction of sp³-hybridized carbons (Fsp3) is 0.273. The number of rotatable bonds is 3. The van der Waals surface area contributed by atoms with Crippen LogP contribution in [0.15, 0.2) is 17.0 Å². The Bertz CT molecular complexity index is 537. The average Bonchev–Trinajstić information content (AvgIpc) is 2.29. The number of nitrogens with zero attached hydrogens (tertiary/aromatic N) is 1. The van der Waals surface area contributed by atoms with Gasteiger partial charge >= 0.3 is 11.5 Å². The van der Waals surface area contributed by atoms with Crippen molar-refractivity contribution in [3.63, 3.8) is 0 Å². The van der Waals surface area contributed by atoms with Crippen LogP contribution in [0.25, 0.3) is 0 Å². The predicted molar refractivity (Wildman–Crippen MR) is 59.0 cm³/mol. The maximum Gasteiger partial charge on any atom is 0.446 e. The van der Waals surface area contributed by atoms with Gasteiger partial charge in [-0.25, -0.2) is 9.18 Å². The van der Waals surface area contributed by atoms with Crippen LogP contribution in [0, 0.1) is 17.1 Å². The third-order valence-electron chi connectivity index (χ3n) is 1.91. The molecule has 0 atom stereocenters. The minimum Gasteiger partial charge on any atom is -0.462 e. The first-order valence-corrected chi connectivity index (χ1v) is 5.76. The number of esters is 1. The van der Waals surface area contributed by atoms with Crippen LogP contribution in [0.5, 0.6) is 0 Å². The van der Waals surface area contributed by atoms with E-state index in [1.54, 1.807) is 0 Å². The summed E-state index contributed by atoms with van der Waals surface area (Å²) in [5, 5.41) is 8.73. The molecule has 0 fully saturated rings. The lowest BCUT2D eigenvalue weighted by Crippen LogP contribution is -2.09. The average molecular weight is 293 g/mol. The number of hydrogen-bond acceptors (Lipinski definition) is 4. The van der Waals surface area contributed by atoms with Crippen molar-refractivity contribution in [3.8, 4) is 6.07 Å². The normalized spacial score (nSPS) is 10.9. The zero-order valence-corrected chi connectivity index (χ0v) is 10.4. The molecule has 0 heterocycles. The van der Waals surface area contributed by atoms with Gasteiger partial charge in [0.25, 0.3) is 0 Å². The first-order chi connectivity index (χ1) is 8.78. The van der Waals surface area contributed by atoms with E-state index in [2.05, 4.69) is 4.74 Å². The van der Waals surface area contributed by atoms with E-state index in [9.17, 15) is 22.4 Å². The van der Waals surface area contributed by atoms with Gasteiger partial charge in [0.2, 0.25) is 0 Å². The molecule has 0 unspecified atom stereocenters. The summed E-state index contributed by atoms with van der Waals surface area (Å²) in [6.07, 6.45) is 0. The molecule has 19 heavy (non-hydrogen) atoms. The molecule has 0 aliphatic heterocycles. The summed E-state index contributed by atoms with van der Waals surface area (Å²) in [5.74, 6) is -2.19. The first kappa shape index (κ1) is 15.3. The highest BCUT2D eigenvalue weighted by Crippen LogP contribution is 2.39. The van der Waals surface area contributed by atoms with Gasteiger partial charge < -0.3 is 4.74 Å². The summed E-state index contributed by atoms with van der Waals surface area (Å²) < 4.78 is 54.6. The van der Waals surface area contributed by atoms with Crippen LogP contribution in [0.2, 0.25) is 0 Å². The van der Waals surface area contributed by atoms with Gasteiger partial charge in [0, 0.05) is 0 Å². The van der Waals surface area contributed by atoms with Crippen molar-refractivity contribution in [2.24, 2.45) is 0 Å². The molecule has 0 N–H and O–H groups in total. The summed E-state index contributed by atoms with van der Waals surface area (Å²) in [6.45, 7) is 1.49. The van der Waals surface area contributed by atoms with Gasteiger partial charge in [-0.2, -0.15) is 18.4 Å². The molecular formula is C11H7F4NO2S. The summed E-state index contributed by atoms with van der Waals surface area (Å²) in [7, 11) is 0. The number of hydrogen-bond donors (Lipinski definition) is 0. The number of alkyl halides is 3. The van der Waals surface area contributed by atoms with Crippen molar-refractivity contribution in [2.45, 2.75) is 17.3 Å². The lowest BCUT2D eigenvalue weighted by molar-refractivity contribution is -0.0329. The second-order valence-corrected chi connectivity index (χ2v) is 4.32. The molecule has 0 radical (unpaired) electrons. The minimum atomic E-state index is -4.69. The number of nitriles is 1. The lowest BCUT2D eigenvalue weighted by Gasteiger charge is -2.09. The molecule has 8 heteroatoms. The van der Waals surface area contributed by atoms with Gasteiger partial charge in [-0.05, 0) is 30.8 Å². The molecule has 0 aliphatic rings. The molecule has 0 bridgehead atoms. The Morgan fingerprint density at radius 2 is 2.11 bits per heavy atom. The van der Waals surface area contributed by atoms with Gasteiger partial charge in [-0.3, -0.25) is 0 Å². The van der Waals surface area contributed by atoms with Crippen molar-refractivity contribution in [1.29, 1.82) is 5.26 Å². The van der Waals surface area contributed by atoms with Crippen LogP contribution in [0.1, 0.15) is 22.8 Å². The standard InChI is InChI=1S/C11H7F4NO2S/c1-2-18-10(17)7-4-9(19-11(13,14)15)8(12)3-6(7)5-16/h3-4H,2H2,1H3. The third kappa shape index (κ3) is 4.13. The predicted octanol–water partition coefficient (Wildman–Crippen LogP) is 3.49. The molecule has 1 rings (SSSR count). The second-order valence-electron chi connectivity index (χ2n) is 3.21. The van der Waals surface area contributed by atoms with Gasteiger partial charge in [0.05, 0.1) is 22.6 Å². The summed E-state index contributed by atoms with van der Waals surface area (Å²) >= 11 is -0.696. The smallest absolute Gasteiger partial charge is 0.446 e. The lowest BCUT2D eigenvalue weighted by atomic mass is 10.1. The fourth-order valence-electron chi connectivity index (χ4n) is 1.23. The Kier molecular flexibility index (Phi) is 4.78. The first-order valence-electron chi connectivity index (χ1n) is 4.95. The Labute approximate surface area is 110 Å². The number of carbonyl (C=O) groups excluding carboxylic acids is 1. The van der Waals surface area contributed by atoms with Crippen LogP contribution >= 0.6 is 11.8 Å². The molecular weight excluding hydrogens is 286 g/mol. The van der Waals surface area contributed by atoms with E-state index in [1.165, 1.54) is 13.0 Å². The topological polar surface area (TPSA) is 50.1 Å². The fourth-order valence-corrected chi connectivity index (χ4v) is 1.81. The van der Waals surface area contributed by atoms with E-state index >= 15 is 0 Å². The molecule has 0 spiro atoms. The van der Waals surface area contributed by atoms with Crippen molar-refractivity contribution in [1.82, 2.24) is 0 Å². The van der Waals surface area contributed by atoms with Crippen LogP contribution in [-0.4, -0.2) is 18.1 Å². The van der Waals surface area contributed by atoms with E-state index in [-0.39, 0.29) is 12.2 Å². The highest BCUT2D eigenvalue weighted by atomic mass is 32.2. The summed E-state index contributed by atoms with van der Waals surface area (Å²) in [6, 6.07) is 2.79. The third-order valence-corrected chi connectivity index (χ3v) is 2.68. The van der Waals surface area contributed by atoms with E-state index in [1.807, 2.05) is 0 Å². The van der Waals surface area contributed by atoms with Crippen LogP contribution in [0.4, 0.5) is 17.6 Å². The molecule has 1 aromatic rings. The minimum absolute atomic E-state index is 0.0111. The molecule has 3 nitrogen and oxygen atoms in total. The quantitative estimate of drug-likeness (QED) is 0.486. The largest absolute Gasteiger partial charge is 0.462 e. The molecule has 1 aromatic carbocycles. The zero-order valence-electron chi connectivity index (χ0n) is 9.55. The second kappa shape index (κ2) is 5.93. The van der Waals surface area contributed by atoms with Crippen LogP contribution < -0.4 is 0 Å². The van der Waals surface area contributed by atoms with E-state index in [4.69, 9.17) is 5.26 Å². The van der Waals surface area contributed by atoms with E-state index < -0.39 is 39.5 Å². The van der Waals surface area contributed by atoms with E-state index in [0.717, 1.165) is 0 Å². The molecule has 0 amide bonds. The van der Waals surface area contributed by atoms with Gasteiger partial charge in [-0.1, -0.05) is 0 Å². The van der Waals surface area contributed by atoms with E-state index in [0.29, 0.717) is 12.1 Å². The molecule has 0 saturated heterocycles. The Balaban J connectivity index is 3.26. The van der Waals surface area contributed by atoms with Gasteiger partial charge in [0.1, 0.15) is 11.9 Å². The van der Waals surface area contributed by atoms with Crippen molar-refractivity contribution in [3.05, 3.63) is 29.1 Å². The Morgan fingerprint density at radius 3 is 2.58 bits per heavy atom. The Hall–Kier alpha value is -1.75. The number of thioether (sulfide) groups is 1. The molecule has 0 aromatic heterocycles. The highest BCUT2D eigenvalue weighted by molar-refractivity contribution is 8.00. The molecule has 102 valence electrons. The number of halogens is 4.